The van der Waals surface area contributed by atoms with Gasteiger partial charge < -0.3 is 10.7 Å². The molecule has 108 valence electrons. The zero-order valence-electron chi connectivity index (χ0n) is 11.0. The monoisotopic (exact) mass is 276 g/mol. The summed E-state index contributed by atoms with van der Waals surface area (Å²) < 4.78 is 38.2. The lowest BCUT2D eigenvalue weighted by Crippen LogP contribution is -2.20. The highest BCUT2D eigenvalue weighted by molar-refractivity contribution is 5.49. The van der Waals surface area contributed by atoms with E-state index in [1.807, 2.05) is 13.8 Å². The standard InChI is InChI=1S/C12H19F3N4/c1-3-5-9(4-2)17-10-6-8(12(13,14)15)7-11(18-10)19-16/h6-7,9H,3-5,16H2,1-2H3,(H2,17,18,19). The lowest BCUT2D eigenvalue weighted by atomic mass is 10.1. The Morgan fingerprint density at radius 1 is 1.26 bits per heavy atom. The van der Waals surface area contributed by atoms with Gasteiger partial charge in [0.1, 0.15) is 11.6 Å². The predicted molar refractivity (Wildman–Crippen MR) is 69.7 cm³/mol. The quantitative estimate of drug-likeness (QED) is 0.550. The van der Waals surface area contributed by atoms with Crippen molar-refractivity contribution in [1.29, 1.82) is 0 Å². The van der Waals surface area contributed by atoms with E-state index in [1.54, 1.807) is 0 Å². The van der Waals surface area contributed by atoms with E-state index in [2.05, 4.69) is 15.7 Å². The molecular formula is C12H19F3N4. The van der Waals surface area contributed by atoms with Gasteiger partial charge in [-0.05, 0) is 25.0 Å². The topological polar surface area (TPSA) is 63.0 Å². The lowest BCUT2D eigenvalue weighted by molar-refractivity contribution is -0.137. The molecule has 1 aromatic rings. The predicted octanol–water partition coefficient (Wildman–Crippen LogP) is 3.38. The third kappa shape index (κ3) is 4.59. The van der Waals surface area contributed by atoms with Crippen LogP contribution in [0.15, 0.2) is 12.1 Å². The van der Waals surface area contributed by atoms with Crippen LogP contribution >= 0.6 is 0 Å². The highest BCUT2D eigenvalue weighted by Gasteiger charge is 2.31. The zero-order chi connectivity index (χ0) is 14.5. The van der Waals surface area contributed by atoms with E-state index in [0.717, 1.165) is 31.4 Å². The summed E-state index contributed by atoms with van der Waals surface area (Å²) in [7, 11) is 0. The average Bonchev–Trinajstić information content (AvgIpc) is 2.36. The third-order valence-corrected chi connectivity index (χ3v) is 2.78. The smallest absolute Gasteiger partial charge is 0.367 e. The summed E-state index contributed by atoms with van der Waals surface area (Å²) in [5.41, 5.74) is 1.38. The first-order chi connectivity index (χ1) is 8.90. The molecule has 0 aliphatic carbocycles. The van der Waals surface area contributed by atoms with Crippen LogP contribution in [0.25, 0.3) is 0 Å². The van der Waals surface area contributed by atoms with Gasteiger partial charge in [0.05, 0.1) is 5.56 Å². The fourth-order valence-corrected chi connectivity index (χ4v) is 1.78. The van der Waals surface area contributed by atoms with Crippen LogP contribution in [0.1, 0.15) is 38.7 Å². The van der Waals surface area contributed by atoms with Gasteiger partial charge >= 0.3 is 6.18 Å². The fourth-order valence-electron chi connectivity index (χ4n) is 1.78. The number of aromatic nitrogens is 1. The number of anilines is 2. The molecule has 19 heavy (non-hydrogen) atoms. The van der Waals surface area contributed by atoms with Gasteiger partial charge in [0, 0.05) is 6.04 Å². The molecule has 0 amide bonds. The molecule has 0 aliphatic heterocycles. The molecule has 0 aromatic carbocycles. The number of alkyl halides is 3. The fraction of sp³-hybridized carbons (Fsp3) is 0.583. The van der Waals surface area contributed by atoms with Gasteiger partial charge in [-0.25, -0.2) is 10.8 Å². The number of hydrazine groups is 1. The largest absolute Gasteiger partial charge is 0.416 e. The minimum atomic E-state index is -4.42. The molecule has 0 fully saturated rings. The maximum absolute atomic E-state index is 12.7. The van der Waals surface area contributed by atoms with Crippen LogP contribution in [0.2, 0.25) is 0 Å². The second-order valence-corrected chi connectivity index (χ2v) is 4.31. The minimum absolute atomic E-state index is 0.0105. The molecule has 4 N–H and O–H groups in total. The van der Waals surface area contributed by atoms with E-state index in [0.29, 0.717) is 0 Å². The van der Waals surface area contributed by atoms with Gasteiger partial charge in [0.25, 0.3) is 0 Å². The first-order valence-electron chi connectivity index (χ1n) is 6.23. The average molecular weight is 276 g/mol. The van der Waals surface area contributed by atoms with Crippen molar-refractivity contribution in [3.05, 3.63) is 17.7 Å². The number of hydrogen-bond donors (Lipinski definition) is 3. The summed E-state index contributed by atoms with van der Waals surface area (Å²) in [6.07, 6.45) is -1.78. The number of rotatable bonds is 6. The molecular weight excluding hydrogens is 257 g/mol. The van der Waals surface area contributed by atoms with E-state index >= 15 is 0 Å². The molecule has 1 unspecified atom stereocenters. The van der Waals surface area contributed by atoms with Crippen LogP contribution in [-0.4, -0.2) is 11.0 Å². The maximum Gasteiger partial charge on any atom is 0.416 e. The Morgan fingerprint density at radius 3 is 2.37 bits per heavy atom. The molecule has 0 bridgehead atoms. The number of nitrogens with zero attached hydrogens (tertiary/aromatic N) is 1. The summed E-state index contributed by atoms with van der Waals surface area (Å²) in [5, 5.41) is 3.01. The molecule has 0 spiro atoms. The van der Waals surface area contributed by atoms with Gasteiger partial charge in [-0.15, -0.1) is 0 Å². The molecule has 0 radical (unpaired) electrons. The van der Waals surface area contributed by atoms with Gasteiger partial charge in [-0.3, -0.25) is 0 Å². The van der Waals surface area contributed by atoms with Crippen LogP contribution in [0.5, 0.6) is 0 Å². The molecule has 1 rings (SSSR count). The van der Waals surface area contributed by atoms with E-state index in [9.17, 15) is 13.2 Å². The van der Waals surface area contributed by atoms with E-state index in [4.69, 9.17) is 5.84 Å². The lowest BCUT2D eigenvalue weighted by Gasteiger charge is -2.18. The van der Waals surface area contributed by atoms with Crippen molar-refractivity contribution in [3.63, 3.8) is 0 Å². The van der Waals surface area contributed by atoms with Gasteiger partial charge in [-0.2, -0.15) is 13.2 Å². The molecule has 0 saturated heterocycles. The molecule has 1 aromatic heterocycles. The highest BCUT2D eigenvalue weighted by Crippen LogP contribution is 2.32. The molecule has 4 nitrogen and oxygen atoms in total. The Balaban J connectivity index is 3.00. The van der Waals surface area contributed by atoms with Gasteiger partial charge in [-0.1, -0.05) is 20.3 Å². The van der Waals surface area contributed by atoms with Crippen molar-refractivity contribution in [3.8, 4) is 0 Å². The van der Waals surface area contributed by atoms with Crippen molar-refractivity contribution in [1.82, 2.24) is 4.98 Å². The Kier molecular flexibility index (Phi) is 5.41. The molecule has 0 saturated carbocycles. The Morgan fingerprint density at radius 2 is 1.89 bits per heavy atom. The number of hydrogen-bond acceptors (Lipinski definition) is 4. The number of nitrogens with one attached hydrogen (secondary N) is 2. The zero-order valence-corrected chi connectivity index (χ0v) is 11.0. The van der Waals surface area contributed by atoms with Crippen molar-refractivity contribution in [2.45, 2.75) is 45.3 Å². The van der Waals surface area contributed by atoms with E-state index in [1.165, 1.54) is 0 Å². The number of nitrogen functional groups attached to an aromatic ring is 1. The molecule has 0 aliphatic rings. The van der Waals surface area contributed by atoms with Gasteiger partial charge in [0.15, 0.2) is 0 Å². The second kappa shape index (κ2) is 6.60. The maximum atomic E-state index is 12.7. The molecule has 1 heterocycles. The van der Waals surface area contributed by atoms with E-state index in [-0.39, 0.29) is 17.7 Å². The molecule has 7 heteroatoms. The first kappa shape index (κ1) is 15.6. The van der Waals surface area contributed by atoms with Crippen molar-refractivity contribution in [2.75, 3.05) is 10.7 Å². The van der Waals surface area contributed by atoms with Crippen LogP contribution in [0.4, 0.5) is 24.8 Å². The Hall–Kier alpha value is -1.50. The summed E-state index contributed by atoms with van der Waals surface area (Å²) >= 11 is 0. The highest BCUT2D eigenvalue weighted by atomic mass is 19.4. The second-order valence-electron chi connectivity index (χ2n) is 4.31. The number of halogens is 3. The minimum Gasteiger partial charge on any atom is -0.367 e. The molecule has 1 atom stereocenters. The number of pyridine rings is 1. The van der Waals surface area contributed by atoms with Crippen LogP contribution in [0.3, 0.4) is 0 Å². The normalized spacial score (nSPS) is 13.2. The summed E-state index contributed by atoms with van der Waals surface area (Å²) in [6, 6.07) is 1.98. The Labute approximate surface area is 110 Å². The van der Waals surface area contributed by atoms with Crippen LogP contribution in [-0.2, 0) is 6.18 Å². The van der Waals surface area contributed by atoms with Crippen molar-refractivity contribution >= 4 is 11.6 Å². The van der Waals surface area contributed by atoms with Crippen LogP contribution < -0.4 is 16.6 Å². The van der Waals surface area contributed by atoms with Crippen molar-refractivity contribution < 1.29 is 13.2 Å². The first-order valence-corrected chi connectivity index (χ1v) is 6.23. The SMILES string of the molecule is CCCC(CC)Nc1cc(C(F)(F)F)cc(NN)n1. The van der Waals surface area contributed by atoms with Crippen LogP contribution in [0, 0.1) is 0 Å². The number of nitrogens with two attached hydrogens (primary N) is 1. The third-order valence-electron chi connectivity index (χ3n) is 2.78. The van der Waals surface area contributed by atoms with E-state index < -0.39 is 11.7 Å². The summed E-state index contributed by atoms with van der Waals surface area (Å²) in [4.78, 5) is 3.99. The summed E-state index contributed by atoms with van der Waals surface area (Å²) in [6.45, 7) is 4.00. The summed E-state index contributed by atoms with van der Waals surface area (Å²) in [5.74, 6) is 5.32. The van der Waals surface area contributed by atoms with Crippen molar-refractivity contribution in [2.24, 2.45) is 5.84 Å². The van der Waals surface area contributed by atoms with Gasteiger partial charge in [0.2, 0.25) is 0 Å². The Bertz CT molecular complexity index is 406.